The second-order valence-corrected chi connectivity index (χ2v) is 6.67. The summed E-state index contributed by atoms with van der Waals surface area (Å²) in [6.45, 7) is 1.36. The Hall–Kier alpha value is -3.94. The molecule has 2 N–H and O–H groups in total. The smallest absolute Gasteiger partial charge is 0.338 e. The third-order valence-electron chi connectivity index (χ3n) is 4.70. The molecule has 1 atom stereocenters. The second-order valence-electron chi connectivity index (χ2n) is 6.67. The van der Waals surface area contributed by atoms with Crippen molar-refractivity contribution >= 4 is 34.0 Å². The number of hydrogen-bond acceptors (Lipinski definition) is 6. The number of benzene rings is 3. The summed E-state index contributed by atoms with van der Waals surface area (Å²) < 4.78 is 5.03. The van der Waals surface area contributed by atoms with Crippen molar-refractivity contribution in [1.82, 2.24) is 5.32 Å². The van der Waals surface area contributed by atoms with Crippen LogP contribution in [0.5, 0.6) is 0 Å². The molecule has 0 heterocycles. The first kappa shape index (κ1) is 20.8. The Kier molecular flexibility index (Phi) is 6.26. The van der Waals surface area contributed by atoms with E-state index in [4.69, 9.17) is 4.74 Å². The van der Waals surface area contributed by atoms with Gasteiger partial charge < -0.3 is 15.4 Å². The van der Waals surface area contributed by atoms with E-state index in [-0.39, 0.29) is 23.0 Å². The SMILES string of the molecule is CNc1ccc(C(=O)OCC(=O)N[C@H](C)c2cccc3ccccc23)cc1[N+](=O)[O-]. The maximum Gasteiger partial charge on any atom is 0.338 e. The zero-order valence-corrected chi connectivity index (χ0v) is 16.5. The van der Waals surface area contributed by atoms with Crippen LogP contribution in [0.3, 0.4) is 0 Å². The van der Waals surface area contributed by atoms with Gasteiger partial charge in [0, 0.05) is 13.1 Å². The van der Waals surface area contributed by atoms with E-state index in [1.54, 1.807) is 7.05 Å². The fourth-order valence-electron chi connectivity index (χ4n) is 3.22. The summed E-state index contributed by atoms with van der Waals surface area (Å²) in [5, 5.41) is 18.7. The lowest BCUT2D eigenvalue weighted by atomic mass is 10.00. The van der Waals surface area contributed by atoms with Crippen molar-refractivity contribution < 1.29 is 19.2 Å². The number of hydrogen-bond donors (Lipinski definition) is 2. The van der Waals surface area contributed by atoms with Crippen LogP contribution in [-0.2, 0) is 9.53 Å². The molecule has 0 aliphatic heterocycles. The minimum Gasteiger partial charge on any atom is -0.452 e. The molecule has 0 saturated carbocycles. The fourth-order valence-corrected chi connectivity index (χ4v) is 3.22. The van der Waals surface area contributed by atoms with Crippen LogP contribution in [0.25, 0.3) is 10.8 Å². The van der Waals surface area contributed by atoms with Crippen LogP contribution in [0.15, 0.2) is 60.7 Å². The van der Waals surface area contributed by atoms with E-state index in [9.17, 15) is 19.7 Å². The highest BCUT2D eigenvalue weighted by atomic mass is 16.6. The summed E-state index contributed by atoms with van der Waals surface area (Å²) in [7, 11) is 1.54. The van der Waals surface area contributed by atoms with Crippen molar-refractivity contribution in [3.8, 4) is 0 Å². The van der Waals surface area contributed by atoms with Gasteiger partial charge in [-0.05, 0) is 35.4 Å². The highest BCUT2D eigenvalue weighted by Crippen LogP contribution is 2.26. The van der Waals surface area contributed by atoms with E-state index in [0.717, 1.165) is 22.4 Å². The van der Waals surface area contributed by atoms with Crippen LogP contribution in [-0.4, -0.2) is 30.5 Å². The van der Waals surface area contributed by atoms with Gasteiger partial charge in [0.1, 0.15) is 5.69 Å². The maximum atomic E-state index is 12.3. The summed E-state index contributed by atoms with van der Waals surface area (Å²) in [6, 6.07) is 17.3. The van der Waals surface area contributed by atoms with Gasteiger partial charge in [-0.15, -0.1) is 0 Å². The van der Waals surface area contributed by atoms with Crippen LogP contribution in [0, 0.1) is 10.1 Å². The first-order valence-corrected chi connectivity index (χ1v) is 9.31. The molecule has 0 unspecified atom stereocenters. The zero-order valence-electron chi connectivity index (χ0n) is 16.5. The standard InChI is InChI=1S/C22H21N3O5/c1-14(17-9-5-7-15-6-3-4-8-18(15)17)24-21(26)13-30-22(27)16-10-11-19(23-2)20(12-16)25(28)29/h3-12,14,23H,13H2,1-2H3,(H,24,26)/t14-/m1/s1. The summed E-state index contributed by atoms with van der Waals surface area (Å²) in [4.78, 5) is 35.0. The molecule has 8 nitrogen and oxygen atoms in total. The lowest BCUT2D eigenvalue weighted by Crippen LogP contribution is -2.31. The number of amides is 1. The number of nitro benzene ring substituents is 1. The average Bonchev–Trinajstić information content (AvgIpc) is 2.76. The molecule has 3 aromatic rings. The summed E-state index contributed by atoms with van der Waals surface area (Å²) in [5.41, 5.74) is 0.973. The number of nitrogens with zero attached hydrogens (tertiary/aromatic N) is 1. The van der Waals surface area contributed by atoms with Crippen molar-refractivity contribution in [2.45, 2.75) is 13.0 Å². The van der Waals surface area contributed by atoms with Gasteiger partial charge in [0.15, 0.2) is 6.61 Å². The van der Waals surface area contributed by atoms with Gasteiger partial charge in [0.25, 0.3) is 11.6 Å². The van der Waals surface area contributed by atoms with E-state index in [1.807, 2.05) is 49.4 Å². The molecule has 3 rings (SSSR count). The molecule has 0 radical (unpaired) electrons. The van der Waals surface area contributed by atoms with E-state index >= 15 is 0 Å². The number of carbonyl (C=O) groups is 2. The Morgan fingerprint density at radius 3 is 2.57 bits per heavy atom. The summed E-state index contributed by atoms with van der Waals surface area (Å²) >= 11 is 0. The molecule has 0 saturated heterocycles. The molecule has 8 heteroatoms. The van der Waals surface area contributed by atoms with Gasteiger partial charge in [0.05, 0.1) is 16.5 Å². The van der Waals surface area contributed by atoms with E-state index in [1.165, 1.54) is 12.1 Å². The van der Waals surface area contributed by atoms with Crippen molar-refractivity contribution in [1.29, 1.82) is 0 Å². The zero-order chi connectivity index (χ0) is 21.7. The molecule has 0 aliphatic carbocycles. The Bertz CT molecular complexity index is 1110. The number of nitro groups is 1. The average molecular weight is 407 g/mol. The largest absolute Gasteiger partial charge is 0.452 e. The van der Waals surface area contributed by atoms with Crippen LogP contribution >= 0.6 is 0 Å². The number of carbonyl (C=O) groups excluding carboxylic acids is 2. The van der Waals surface area contributed by atoms with Crippen LogP contribution in [0.1, 0.15) is 28.9 Å². The fraction of sp³-hybridized carbons (Fsp3) is 0.182. The number of ether oxygens (including phenoxy) is 1. The van der Waals surface area contributed by atoms with Gasteiger partial charge >= 0.3 is 5.97 Å². The number of anilines is 1. The number of fused-ring (bicyclic) bond motifs is 1. The lowest BCUT2D eigenvalue weighted by molar-refractivity contribution is -0.384. The number of esters is 1. The molecule has 30 heavy (non-hydrogen) atoms. The van der Waals surface area contributed by atoms with E-state index in [2.05, 4.69) is 10.6 Å². The van der Waals surface area contributed by atoms with Gasteiger partial charge in [-0.3, -0.25) is 14.9 Å². The minimum atomic E-state index is -0.811. The third-order valence-corrected chi connectivity index (χ3v) is 4.70. The van der Waals surface area contributed by atoms with Gasteiger partial charge in [-0.2, -0.15) is 0 Å². The lowest BCUT2D eigenvalue weighted by Gasteiger charge is -2.16. The van der Waals surface area contributed by atoms with Crippen LogP contribution in [0.4, 0.5) is 11.4 Å². The predicted octanol–water partition coefficient (Wildman–Crippen LogP) is 3.82. The maximum absolute atomic E-state index is 12.3. The number of rotatable bonds is 7. The molecule has 0 aliphatic rings. The van der Waals surface area contributed by atoms with Gasteiger partial charge in [-0.25, -0.2) is 4.79 Å². The van der Waals surface area contributed by atoms with Crippen molar-refractivity contribution in [3.05, 3.63) is 81.9 Å². The van der Waals surface area contributed by atoms with Crippen molar-refractivity contribution in [2.75, 3.05) is 19.0 Å². The van der Waals surface area contributed by atoms with Gasteiger partial charge in [0.2, 0.25) is 0 Å². The van der Waals surface area contributed by atoms with Crippen LogP contribution < -0.4 is 10.6 Å². The molecule has 3 aromatic carbocycles. The highest BCUT2D eigenvalue weighted by molar-refractivity contribution is 5.93. The van der Waals surface area contributed by atoms with E-state index < -0.39 is 23.4 Å². The topological polar surface area (TPSA) is 111 Å². The number of nitrogens with one attached hydrogen (secondary N) is 2. The Morgan fingerprint density at radius 1 is 1.10 bits per heavy atom. The highest BCUT2D eigenvalue weighted by Gasteiger charge is 2.19. The third kappa shape index (κ3) is 4.54. The minimum absolute atomic E-state index is 0.00407. The summed E-state index contributed by atoms with van der Waals surface area (Å²) in [6.07, 6.45) is 0. The van der Waals surface area contributed by atoms with Gasteiger partial charge in [-0.1, -0.05) is 42.5 Å². The Labute approximate surface area is 173 Å². The monoisotopic (exact) mass is 407 g/mol. The Balaban J connectivity index is 1.63. The molecule has 0 spiro atoms. The molecular formula is C22H21N3O5. The molecule has 154 valence electrons. The van der Waals surface area contributed by atoms with Crippen LogP contribution in [0.2, 0.25) is 0 Å². The second kappa shape index (κ2) is 9.04. The first-order chi connectivity index (χ1) is 14.4. The molecule has 0 bridgehead atoms. The first-order valence-electron chi connectivity index (χ1n) is 9.31. The molecule has 0 aromatic heterocycles. The molecular weight excluding hydrogens is 386 g/mol. The Morgan fingerprint density at radius 2 is 1.83 bits per heavy atom. The van der Waals surface area contributed by atoms with Crippen molar-refractivity contribution in [2.24, 2.45) is 0 Å². The summed E-state index contributed by atoms with van der Waals surface area (Å²) in [5.74, 6) is -1.28. The predicted molar refractivity (Wildman–Crippen MR) is 113 cm³/mol. The van der Waals surface area contributed by atoms with E-state index in [0.29, 0.717) is 0 Å². The van der Waals surface area contributed by atoms with Crippen molar-refractivity contribution in [3.63, 3.8) is 0 Å². The quantitative estimate of drug-likeness (QED) is 0.350. The normalized spacial score (nSPS) is 11.5. The molecule has 1 amide bonds. The molecule has 0 fully saturated rings.